The third-order valence-corrected chi connectivity index (χ3v) is 2.45. The van der Waals surface area contributed by atoms with Crippen molar-refractivity contribution in [3.05, 3.63) is 22.7 Å². The lowest BCUT2D eigenvalue weighted by Crippen LogP contribution is -2.34. The summed E-state index contributed by atoms with van der Waals surface area (Å²) in [5.74, 6) is 0.513. The van der Waals surface area contributed by atoms with Crippen LogP contribution in [0.25, 0.3) is 0 Å². The molecule has 7 heteroatoms. The second-order valence-corrected chi connectivity index (χ2v) is 3.59. The molecule has 0 aliphatic carbocycles. The molecule has 0 spiro atoms. The molecule has 0 radical (unpaired) electrons. The molecule has 0 fully saturated rings. The van der Waals surface area contributed by atoms with Crippen LogP contribution in [0.15, 0.2) is 22.3 Å². The number of hydrogen-bond donors (Lipinski definition) is 2. The highest BCUT2D eigenvalue weighted by atomic mass is 16.4. The van der Waals surface area contributed by atoms with Gasteiger partial charge in [0.05, 0.1) is 0 Å². The Morgan fingerprint density at radius 1 is 1.71 bits per heavy atom. The standard InChI is InChI=1S/C10H17N5O2/c1-3-15(6-4-8(11)13-17)9-10(16)14(2)7-5-12-9/h5,7,17H,3-4,6H2,1-2H3,(H2,11,13). The lowest BCUT2D eigenvalue weighted by atomic mass is 10.3. The average molecular weight is 239 g/mol. The van der Waals surface area contributed by atoms with Crippen LogP contribution >= 0.6 is 0 Å². The molecule has 0 saturated heterocycles. The third-order valence-electron chi connectivity index (χ3n) is 2.45. The molecule has 94 valence electrons. The first kappa shape index (κ1) is 13.0. The molecule has 1 heterocycles. The van der Waals surface area contributed by atoms with Crippen LogP contribution < -0.4 is 16.2 Å². The Labute approximate surface area is 99.2 Å². The molecule has 0 unspecified atom stereocenters. The van der Waals surface area contributed by atoms with Crippen LogP contribution in [0.2, 0.25) is 0 Å². The van der Waals surface area contributed by atoms with Crippen LogP contribution in [0.4, 0.5) is 5.82 Å². The van der Waals surface area contributed by atoms with Gasteiger partial charge in [0.15, 0.2) is 5.82 Å². The lowest BCUT2D eigenvalue weighted by Gasteiger charge is -2.20. The van der Waals surface area contributed by atoms with Gasteiger partial charge in [0.2, 0.25) is 0 Å². The Balaban J connectivity index is 2.87. The second-order valence-electron chi connectivity index (χ2n) is 3.59. The SMILES string of the molecule is CCN(CCC(N)=NO)c1nccn(C)c1=O. The maximum Gasteiger partial charge on any atom is 0.293 e. The summed E-state index contributed by atoms with van der Waals surface area (Å²) in [4.78, 5) is 17.7. The minimum absolute atomic E-state index is 0.135. The number of amidine groups is 1. The van der Waals surface area contributed by atoms with E-state index in [1.807, 2.05) is 6.92 Å². The van der Waals surface area contributed by atoms with Crippen molar-refractivity contribution in [2.45, 2.75) is 13.3 Å². The number of aryl methyl sites for hydroxylation is 1. The molecule has 0 atom stereocenters. The number of nitrogens with two attached hydrogens (primary N) is 1. The molecule has 3 N–H and O–H groups in total. The Hall–Kier alpha value is -2.05. The molecule has 1 rings (SSSR count). The normalized spacial score (nSPS) is 11.5. The largest absolute Gasteiger partial charge is 0.409 e. The van der Waals surface area contributed by atoms with Crippen LogP contribution in [-0.4, -0.2) is 33.7 Å². The summed E-state index contributed by atoms with van der Waals surface area (Å²) in [6.45, 7) is 3.03. The molecule has 1 aromatic heterocycles. The van der Waals surface area contributed by atoms with Crippen molar-refractivity contribution >= 4 is 11.7 Å². The van der Waals surface area contributed by atoms with Gasteiger partial charge >= 0.3 is 0 Å². The summed E-state index contributed by atoms with van der Waals surface area (Å²) >= 11 is 0. The number of oxime groups is 1. The average Bonchev–Trinajstić information content (AvgIpc) is 2.34. The lowest BCUT2D eigenvalue weighted by molar-refractivity contribution is 0.317. The fourth-order valence-electron chi connectivity index (χ4n) is 1.41. The van der Waals surface area contributed by atoms with Crippen molar-refractivity contribution < 1.29 is 5.21 Å². The number of hydrogen-bond acceptors (Lipinski definition) is 5. The van der Waals surface area contributed by atoms with E-state index in [2.05, 4.69) is 10.1 Å². The highest BCUT2D eigenvalue weighted by Crippen LogP contribution is 2.03. The molecule has 17 heavy (non-hydrogen) atoms. The molecule has 0 aliphatic heterocycles. The molecule has 0 aromatic carbocycles. The van der Waals surface area contributed by atoms with Gasteiger partial charge in [0.25, 0.3) is 5.56 Å². The third kappa shape index (κ3) is 3.20. The minimum atomic E-state index is -0.158. The van der Waals surface area contributed by atoms with Gasteiger partial charge in [-0.1, -0.05) is 5.16 Å². The summed E-state index contributed by atoms with van der Waals surface area (Å²) in [5.41, 5.74) is 5.23. The zero-order valence-corrected chi connectivity index (χ0v) is 10.00. The van der Waals surface area contributed by atoms with Crippen molar-refractivity contribution in [2.75, 3.05) is 18.0 Å². The van der Waals surface area contributed by atoms with Gasteiger partial charge in [-0.2, -0.15) is 0 Å². The summed E-state index contributed by atoms with van der Waals surface area (Å²) in [6, 6.07) is 0. The number of rotatable bonds is 5. The molecule has 0 aliphatic rings. The van der Waals surface area contributed by atoms with Crippen molar-refractivity contribution in [1.29, 1.82) is 0 Å². The van der Waals surface area contributed by atoms with Crippen molar-refractivity contribution in [1.82, 2.24) is 9.55 Å². The van der Waals surface area contributed by atoms with Gasteiger partial charge < -0.3 is 20.4 Å². The molecule has 0 saturated carbocycles. The second kappa shape index (κ2) is 5.88. The van der Waals surface area contributed by atoms with Gasteiger partial charge in [0.1, 0.15) is 5.84 Å². The Morgan fingerprint density at radius 2 is 2.41 bits per heavy atom. The zero-order chi connectivity index (χ0) is 12.8. The van der Waals surface area contributed by atoms with Gasteiger partial charge in [-0.15, -0.1) is 0 Å². The van der Waals surface area contributed by atoms with Crippen molar-refractivity contribution in [2.24, 2.45) is 17.9 Å². The van der Waals surface area contributed by atoms with E-state index < -0.39 is 0 Å². The maximum absolute atomic E-state index is 11.8. The molecule has 0 amide bonds. The molecule has 7 nitrogen and oxygen atoms in total. The first-order valence-electron chi connectivity index (χ1n) is 5.33. The Kier molecular flexibility index (Phi) is 4.50. The maximum atomic E-state index is 11.8. The van der Waals surface area contributed by atoms with Gasteiger partial charge in [-0.25, -0.2) is 4.98 Å². The quantitative estimate of drug-likeness (QED) is 0.319. The monoisotopic (exact) mass is 239 g/mol. The van der Waals surface area contributed by atoms with E-state index in [9.17, 15) is 4.79 Å². The summed E-state index contributed by atoms with van der Waals surface area (Å²) in [7, 11) is 1.67. The van der Waals surface area contributed by atoms with Crippen LogP contribution in [0, 0.1) is 0 Å². The van der Waals surface area contributed by atoms with E-state index in [4.69, 9.17) is 10.9 Å². The molecular formula is C10H17N5O2. The van der Waals surface area contributed by atoms with E-state index >= 15 is 0 Å². The zero-order valence-electron chi connectivity index (χ0n) is 10.00. The number of nitrogens with zero attached hydrogens (tertiary/aromatic N) is 4. The van der Waals surface area contributed by atoms with Gasteiger partial charge in [-0.3, -0.25) is 4.79 Å². The summed E-state index contributed by atoms with van der Waals surface area (Å²) < 4.78 is 1.47. The Bertz CT molecular complexity index is 454. The smallest absolute Gasteiger partial charge is 0.293 e. The fourth-order valence-corrected chi connectivity index (χ4v) is 1.41. The number of aromatic nitrogens is 2. The van der Waals surface area contributed by atoms with E-state index in [1.165, 1.54) is 4.57 Å². The fraction of sp³-hybridized carbons (Fsp3) is 0.500. The first-order valence-corrected chi connectivity index (χ1v) is 5.33. The molecule has 1 aromatic rings. The van der Waals surface area contributed by atoms with Crippen LogP contribution in [-0.2, 0) is 7.05 Å². The highest BCUT2D eigenvalue weighted by Gasteiger charge is 2.11. The summed E-state index contributed by atoms with van der Waals surface area (Å²) in [6.07, 6.45) is 3.55. The van der Waals surface area contributed by atoms with Gasteiger partial charge in [0, 0.05) is 39.0 Å². The van der Waals surface area contributed by atoms with E-state index in [-0.39, 0.29) is 11.4 Å². The minimum Gasteiger partial charge on any atom is -0.409 e. The van der Waals surface area contributed by atoms with E-state index in [0.717, 1.165) is 0 Å². The molecular weight excluding hydrogens is 222 g/mol. The first-order chi connectivity index (χ1) is 8.10. The number of anilines is 1. The predicted octanol–water partition coefficient (Wildman–Crippen LogP) is -0.257. The van der Waals surface area contributed by atoms with Crippen LogP contribution in [0.5, 0.6) is 0 Å². The van der Waals surface area contributed by atoms with E-state index in [0.29, 0.717) is 25.3 Å². The topological polar surface area (TPSA) is 96.7 Å². The Morgan fingerprint density at radius 3 is 3.00 bits per heavy atom. The predicted molar refractivity (Wildman–Crippen MR) is 65.4 cm³/mol. The van der Waals surface area contributed by atoms with Crippen LogP contribution in [0.3, 0.4) is 0 Å². The van der Waals surface area contributed by atoms with Crippen molar-refractivity contribution in [3.63, 3.8) is 0 Å². The van der Waals surface area contributed by atoms with Gasteiger partial charge in [-0.05, 0) is 6.92 Å². The van der Waals surface area contributed by atoms with Crippen molar-refractivity contribution in [3.8, 4) is 0 Å². The summed E-state index contributed by atoms with van der Waals surface area (Å²) in [5, 5.41) is 11.3. The van der Waals surface area contributed by atoms with Crippen LogP contribution in [0.1, 0.15) is 13.3 Å². The highest BCUT2D eigenvalue weighted by molar-refractivity contribution is 5.80. The van der Waals surface area contributed by atoms with E-state index in [1.54, 1.807) is 24.3 Å². The molecule has 0 bridgehead atoms.